The van der Waals surface area contributed by atoms with E-state index >= 15 is 0 Å². The van der Waals surface area contributed by atoms with E-state index in [0.29, 0.717) is 10.6 Å². The van der Waals surface area contributed by atoms with Gasteiger partial charge in [-0.25, -0.2) is 0 Å². The molecule has 1 heterocycles. The Balaban J connectivity index is 1.61. The van der Waals surface area contributed by atoms with E-state index in [9.17, 15) is 4.79 Å². The third kappa shape index (κ3) is 4.12. The second-order valence-corrected chi connectivity index (χ2v) is 6.38. The van der Waals surface area contributed by atoms with E-state index in [1.807, 2.05) is 30.3 Å². The van der Waals surface area contributed by atoms with Crippen molar-refractivity contribution in [2.75, 3.05) is 10.6 Å². The molecule has 1 amide bonds. The van der Waals surface area contributed by atoms with Gasteiger partial charge in [0.2, 0.25) is 0 Å². The van der Waals surface area contributed by atoms with Gasteiger partial charge in [-0.3, -0.25) is 4.79 Å². The Kier molecular flexibility index (Phi) is 4.95. The van der Waals surface area contributed by atoms with Gasteiger partial charge in [0.05, 0.1) is 10.6 Å². The number of halogens is 1. The van der Waals surface area contributed by atoms with Crippen molar-refractivity contribution in [3.05, 3.63) is 81.5 Å². The van der Waals surface area contributed by atoms with Crippen LogP contribution in [0.3, 0.4) is 0 Å². The van der Waals surface area contributed by atoms with Gasteiger partial charge in [-0.05, 0) is 47.8 Å². The van der Waals surface area contributed by atoms with E-state index in [1.165, 1.54) is 4.88 Å². The van der Waals surface area contributed by atoms with Gasteiger partial charge in [-0.1, -0.05) is 29.8 Å². The number of hydrogen-bond donors (Lipinski definition) is 2. The first-order chi connectivity index (χ1) is 11.2. The molecule has 0 aliphatic carbocycles. The van der Waals surface area contributed by atoms with Crippen molar-refractivity contribution in [3.8, 4) is 0 Å². The van der Waals surface area contributed by atoms with Gasteiger partial charge in [-0.2, -0.15) is 0 Å². The summed E-state index contributed by atoms with van der Waals surface area (Å²) < 4.78 is 0. The van der Waals surface area contributed by atoms with Crippen LogP contribution in [-0.2, 0) is 6.54 Å². The third-order valence-electron chi connectivity index (χ3n) is 3.31. The molecule has 116 valence electrons. The lowest BCUT2D eigenvalue weighted by atomic mass is 10.2. The third-order valence-corrected chi connectivity index (χ3v) is 4.51. The Hall–Kier alpha value is -2.30. The molecule has 1 aromatic heterocycles. The molecule has 3 rings (SSSR count). The molecule has 0 saturated heterocycles. The molecule has 0 saturated carbocycles. The zero-order valence-electron chi connectivity index (χ0n) is 12.3. The number of anilines is 2. The highest BCUT2D eigenvalue weighted by Crippen LogP contribution is 2.19. The van der Waals surface area contributed by atoms with Gasteiger partial charge in [-0.15, -0.1) is 11.3 Å². The SMILES string of the molecule is O=C(Nc1ccc(NCc2cccs2)cc1)c1ccccc1Cl. The zero-order valence-corrected chi connectivity index (χ0v) is 13.8. The molecule has 0 aliphatic heterocycles. The van der Waals surface area contributed by atoms with E-state index < -0.39 is 0 Å². The molecule has 2 N–H and O–H groups in total. The smallest absolute Gasteiger partial charge is 0.257 e. The highest BCUT2D eigenvalue weighted by atomic mass is 35.5. The van der Waals surface area contributed by atoms with Gasteiger partial charge in [0, 0.05) is 22.8 Å². The van der Waals surface area contributed by atoms with Crippen molar-refractivity contribution in [1.29, 1.82) is 0 Å². The fraction of sp³-hybridized carbons (Fsp3) is 0.0556. The second kappa shape index (κ2) is 7.31. The molecule has 3 aromatic rings. The van der Waals surface area contributed by atoms with Gasteiger partial charge in [0.1, 0.15) is 0 Å². The van der Waals surface area contributed by atoms with Crippen LogP contribution in [0.15, 0.2) is 66.0 Å². The Morgan fingerprint density at radius 1 is 0.957 bits per heavy atom. The van der Waals surface area contributed by atoms with Crippen LogP contribution < -0.4 is 10.6 Å². The Bertz CT molecular complexity index is 785. The lowest BCUT2D eigenvalue weighted by Gasteiger charge is -2.09. The fourth-order valence-corrected chi connectivity index (χ4v) is 2.98. The number of hydrogen-bond acceptors (Lipinski definition) is 3. The van der Waals surface area contributed by atoms with Crippen LogP contribution >= 0.6 is 22.9 Å². The molecule has 5 heteroatoms. The van der Waals surface area contributed by atoms with Gasteiger partial charge in [0.25, 0.3) is 5.91 Å². The number of nitrogens with one attached hydrogen (secondary N) is 2. The quantitative estimate of drug-likeness (QED) is 0.663. The molecule has 0 bridgehead atoms. The molecule has 23 heavy (non-hydrogen) atoms. The molecule has 0 atom stereocenters. The summed E-state index contributed by atoms with van der Waals surface area (Å²) in [4.78, 5) is 13.5. The Labute approximate surface area is 143 Å². The summed E-state index contributed by atoms with van der Waals surface area (Å²) in [6, 6.07) is 18.7. The molecule has 2 aromatic carbocycles. The normalized spacial score (nSPS) is 10.3. The fourth-order valence-electron chi connectivity index (χ4n) is 2.12. The first-order valence-electron chi connectivity index (χ1n) is 7.14. The molecule has 0 radical (unpaired) electrons. The van der Waals surface area contributed by atoms with Crippen LogP contribution in [0.4, 0.5) is 11.4 Å². The monoisotopic (exact) mass is 342 g/mol. The Morgan fingerprint density at radius 2 is 1.70 bits per heavy atom. The summed E-state index contributed by atoms with van der Waals surface area (Å²) in [6.45, 7) is 0.795. The average Bonchev–Trinajstić information content (AvgIpc) is 3.08. The van der Waals surface area contributed by atoms with Gasteiger partial charge >= 0.3 is 0 Å². The average molecular weight is 343 g/mol. The topological polar surface area (TPSA) is 41.1 Å². The van der Waals surface area contributed by atoms with Crippen molar-refractivity contribution < 1.29 is 4.79 Å². The number of thiophene rings is 1. The van der Waals surface area contributed by atoms with E-state index in [1.54, 1.807) is 35.6 Å². The maximum Gasteiger partial charge on any atom is 0.257 e. The first kappa shape index (κ1) is 15.6. The number of benzene rings is 2. The summed E-state index contributed by atoms with van der Waals surface area (Å²) in [5, 5.41) is 8.70. The maximum absolute atomic E-state index is 12.2. The molecule has 0 aliphatic rings. The summed E-state index contributed by atoms with van der Waals surface area (Å²) >= 11 is 7.75. The van der Waals surface area contributed by atoms with E-state index in [0.717, 1.165) is 17.9 Å². The van der Waals surface area contributed by atoms with Crippen molar-refractivity contribution >= 4 is 40.2 Å². The minimum atomic E-state index is -0.213. The van der Waals surface area contributed by atoms with E-state index in [4.69, 9.17) is 11.6 Å². The molecule has 0 unspecified atom stereocenters. The highest BCUT2D eigenvalue weighted by molar-refractivity contribution is 7.09. The van der Waals surface area contributed by atoms with Crippen LogP contribution in [0.25, 0.3) is 0 Å². The van der Waals surface area contributed by atoms with Gasteiger partial charge in [0.15, 0.2) is 0 Å². The molecule has 0 spiro atoms. The van der Waals surface area contributed by atoms with Crippen LogP contribution in [0.2, 0.25) is 5.02 Å². The second-order valence-electron chi connectivity index (χ2n) is 4.94. The summed E-state index contributed by atoms with van der Waals surface area (Å²) in [6.07, 6.45) is 0. The maximum atomic E-state index is 12.2. The van der Waals surface area contributed by atoms with Gasteiger partial charge < -0.3 is 10.6 Å². The minimum Gasteiger partial charge on any atom is -0.380 e. The van der Waals surface area contributed by atoms with Crippen molar-refractivity contribution in [1.82, 2.24) is 0 Å². The van der Waals surface area contributed by atoms with Crippen molar-refractivity contribution in [3.63, 3.8) is 0 Å². The van der Waals surface area contributed by atoms with Crippen LogP contribution in [0.1, 0.15) is 15.2 Å². The summed E-state index contributed by atoms with van der Waals surface area (Å²) in [5.74, 6) is -0.213. The standard InChI is InChI=1S/C18H15ClN2OS/c19-17-6-2-1-5-16(17)18(22)21-14-9-7-13(8-10-14)20-12-15-4-3-11-23-15/h1-11,20H,12H2,(H,21,22). The van der Waals surface area contributed by atoms with Crippen LogP contribution in [-0.4, -0.2) is 5.91 Å². The number of amides is 1. The largest absolute Gasteiger partial charge is 0.380 e. The molecular weight excluding hydrogens is 328 g/mol. The lowest BCUT2D eigenvalue weighted by Crippen LogP contribution is -2.12. The van der Waals surface area contributed by atoms with Crippen LogP contribution in [0.5, 0.6) is 0 Å². The van der Waals surface area contributed by atoms with E-state index in [-0.39, 0.29) is 5.91 Å². The Morgan fingerprint density at radius 3 is 2.39 bits per heavy atom. The minimum absolute atomic E-state index is 0.213. The number of carbonyl (C=O) groups is 1. The highest BCUT2D eigenvalue weighted by Gasteiger charge is 2.09. The van der Waals surface area contributed by atoms with E-state index in [2.05, 4.69) is 22.1 Å². The van der Waals surface area contributed by atoms with Crippen LogP contribution in [0, 0.1) is 0 Å². The molecular formula is C18H15ClN2OS. The first-order valence-corrected chi connectivity index (χ1v) is 8.40. The zero-order chi connectivity index (χ0) is 16.1. The van der Waals surface area contributed by atoms with Crippen molar-refractivity contribution in [2.45, 2.75) is 6.54 Å². The number of carbonyl (C=O) groups excluding carboxylic acids is 1. The van der Waals surface area contributed by atoms with Crippen molar-refractivity contribution in [2.24, 2.45) is 0 Å². The predicted molar refractivity (Wildman–Crippen MR) is 97.5 cm³/mol. The summed E-state index contributed by atoms with van der Waals surface area (Å²) in [5.41, 5.74) is 2.21. The lowest BCUT2D eigenvalue weighted by molar-refractivity contribution is 0.102. The molecule has 0 fully saturated rings. The summed E-state index contributed by atoms with van der Waals surface area (Å²) in [7, 11) is 0. The predicted octanol–water partition coefficient (Wildman–Crippen LogP) is 5.27. The number of rotatable bonds is 5. The molecule has 3 nitrogen and oxygen atoms in total.